The highest BCUT2D eigenvalue weighted by atomic mass is 35.5. The second-order valence-corrected chi connectivity index (χ2v) is 12.7. The van der Waals surface area contributed by atoms with Crippen molar-refractivity contribution >= 4 is 34.8 Å². The summed E-state index contributed by atoms with van der Waals surface area (Å²) >= 11 is 6.18. The summed E-state index contributed by atoms with van der Waals surface area (Å²) in [5.41, 5.74) is -0.247. The van der Waals surface area contributed by atoms with Gasteiger partial charge >= 0.3 is 0 Å². The third-order valence-electron chi connectivity index (χ3n) is 10.3. The summed E-state index contributed by atoms with van der Waals surface area (Å²) < 4.78 is 0. The minimum absolute atomic E-state index is 0.0202. The van der Waals surface area contributed by atoms with Gasteiger partial charge in [-0.3, -0.25) is 14.9 Å². The van der Waals surface area contributed by atoms with Crippen molar-refractivity contribution in [3.8, 4) is 12.1 Å². The highest BCUT2D eigenvalue weighted by Crippen LogP contribution is 2.64. The molecule has 0 amide bonds. The standard InChI is InChI=1S/C31H27ClN4O3/c32-23-7-5-22(12-25(23)36(38)39)27-28(29(37)30-13-18-9-19(14-30)11-20(10-18)15-30)35-24-4-2-1-3-21(24)6-8-26(35)31(27,16-33)17-34/h1-8,12,18-20,26-28H,9-11,13-15H2/t18?,19?,20?,26-,27+,28+,30?/m1/s1. The minimum Gasteiger partial charge on any atom is -0.351 e. The van der Waals surface area contributed by atoms with Crippen molar-refractivity contribution in [1.82, 2.24) is 0 Å². The zero-order valence-corrected chi connectivity index (χ0v) is 22.1. The SMILES string of the molecule is N#CC1(C#N)[C@@H](c2ccc(Cl)c([N+](=O)[O-])c2)[C@@H](C(=O)C23CC4CC(CC(C4)C2)C3)N2c3ccccc3C=C[C@@H]21. The van der Waals surface area contributed by atoms with E-state index in [-0.39, 0.29) is 16.5 Å². The molecule has 2 heterocycles. The molecule has 7 nitrogen and oxygen atoms in total. The molecule has 2 aromatic rings. The normalized spacial score (nSPS) is 34.6. The van der Waals surface area contributed by atoms with Gasteiger partial charge in [0.2, 0.25) is 0 Å². The first kappa shape index (κ1) is 24.4. The Labute approximate surface area is 231 Å². The predicted octanol–water partition coefficient (Wildman–Crippen LogP) is 6.44. The highest BCUT2D eigenvalue weighted by Gasteiger charge is 2.67. The Morgan fingerprint density at radius 3 is 2.28 bits per heavy atom. The maximum absolute atomic E-state index is 15.1. The summed E-state index contributed by atoms with van der Waals surface area (Å²) in [5, 5.41) is 33.2. The molecule has 8 rings (SSSR count). The number of rotatable bonds is 4. The summed E-state index contributed by atoms with van der Waals surface area (Å²) in [6.07, 6.45) is 9.88. The number of nitro benzene ring substituents is 1. The first-order valence-electron chi connectivity index (χ1n) is 13.7. The van der Waals surface area contributed by atoms with Crippen molar-refractivity contribution in [2.75, 3.05) is 4.90 Å². The van der Waals surface area contributed by atoms with Crippen LogP contribution in [0.1, 0.15) is 55.6 Å². The summed E-state index contributed by atoms with van der Waals surface area (Å²) in [6.45, 7) is 0. The van der Waals surface area contributed by atoms with E-state index in [9.17, 15) is 20.6 Å². The number of ketones is 1. The lowest BCUT2D eigenvalue weighted by Crippen LogP contribution is -2.56. The average Bonchev–Trinajstić information content (AvgIpc) is 3.23. The molecule has 2 aliphatic heterocycles. The van der Waals surface area contributed by atoms with Gasteiger partial charge in [0.05, 0.1) is 29.1 Å². The monoisotopic (exact) mass is 538 g/mol. The van der Waals surface area contributed by atoms with Crippen molar-refractivity contribution in [2.45, 2.75) is 56.5 Å². The van der Waals surface area contributed by atoms with Crippen LogP contribution in [-0.2, 0) is 4.79 Å². The number of halogens is 1. The lowest BCUT2D eigenvalue weighted by atomic mass is 9.47. The van der Waals surface area contributed by atoms with Crippen molar-refractivity contribution in [3.63, 3.8) is 0 Å². The van der Waals surface area contributed by atoms with Crippen LogP contribution < -0.4 is 4.90 Å². The molecule has 39 heavy (non-hydrogen) atoms. The predicted molar refractivity (Wildman–Crippen MR) is 146 cm³/mol. The van der Waals surface area contributed by atoms with Gasteiger partial charge in [-0.05, 0) is 79.5 Å². The second-order valence-electron chi connectivity index (χ2n) is 12.3. The van der Waals surface area contributed by atoms with E-state index in [4.69, 9.17) is 11.6 Å². The Morgan fingerprint density at radius 2 is 1.67 bits per heavy atom. The van der Waals surface area contributed by atoms with E-state index in [0.29, 0.717) is 23.3 Å². The molecule has 196 valence electrons. The summed E-state index contributed by atoms with van der Waals surface area (Å²) in [4.78, 5) is 28.4. The molecule has 0 aromatic heterocycles. The van der Waals surface area contributed by atoms with Crippen LogP contribution in [0.5, 0.6) is 0 Å². The third-order valence-corrected chi connectivity index (χ3v) is 10.6. The number of para-hydroxylation sites is 1. The van der Waals surface area contributed by atoms with E-state index in [1.54, 1.807) is 6.07 Å². The Bertz CT molecular complexity index is 1490. The van der Waals surface area contributed by atoms with Crippen molar-refractivity contribution in [3.05, 3.63) is 74.8 Å². The minimum atomic E-state index is -1.63. The molecule has 0 radical (unpaired) electrons. The zero-order chi connectivity index (χ0) is 27.1. The van der Waals surface area contributed by atoms with Gasteiger partial charge in [-0.25, -0.2) is 0 Å². The second kappa shape index (κ2) is 8.41. The lowest BCUT2D eigenvalue weighted by molar-refractivity contribution is -0.384. The van der Waals surface area contributed by atoms with Gasteiger partial charge in [0.25, 0.3) is 5.69 Å². The van der Waals surface area contributed by atoms with Crippen LogP contribution in [-0.4, -0.2) is 22.8 Å². The van der Waals surface area contributed by atoms with Crippen LogP contribution in [0, 0.1) is 61.4 Å². The topological polar surface area (TPSA) is 111 Å². The Hall–Kier alpha value is -3.68. The quantitative estimate of drug-likeness (QED) is 0.327. The fourth-order valence-corrected chi connectivity index (χ4v) is 9.38. The van der Waals surface area contributed by atoms with Crippen LogP contribution in [0.25, 0.3) is 6.08 Å². The number of hydrogen-bond acceptors (Lipinski definition) is 6. The van der Waals surface area contributed by atoms with Gasteiger partial charge in [0.1, 0.15) is 5.02 Å². The molecule has 6 aliphatic rings. The van der Waals surface area contributed by atoms with E-state index >= 15 is 4.79 Å². The lowest BCUT2D eigenvalue weighted by Gasteiger charge is -2.57. The molecular formula is C31H27ClN4O3. The van der Waals surface area contributed by atoms with E-state index in [2.05, 4.69) is 12.1 Å². The fraction of sp³-hybridized carbons (Fsp3) is 0.452. The highest BCUT2D eigenvalue weighted by molar-refractivity contribution is 6.32. The maximum Gasteiger partial charge on any atom is 0.288 e. The smallest absolute Gasteiger partial charge is 0.288 e. The Morgan fingerprint density at radius 1 is 1.03 bits per heavy atom. The van der Waals surface area contributed by atoms with E-state index in [1.165, 1.54) is 31.4 Å². The van der Waals surface area contributed by atoms with E-state index in [0.717, 1.165) is 30.5 Å². The summed E-state index contributed by atoms with van der Waals surface area (Å²) in [6, 6.07) is 15.4. The molecular weight excluding hydrogens is 512 g/mol. The number of carbonyl (C=O) groups excluding carboxylic acids is 1. The van der Waals surface area contributed by atoms with E-state index in [1.807, 2.05) is 41.3 Å². The van der Waals surface area contributed by atoms with Gasteiger partial charge in [0, 0.05) is 23.1 Å². The first-order chi connectivity index (χ1) is 18.8. The number of carbonyl (C=O) groups is 1. The fourth-order valence-electron chi connectivity index (χ4n) is 9.20. The molecule has 1 saturated heterocycles. The van der Waals surface area contributed by atoms with Crippen LogP contribution in [0.4, 0.5) is 11.4 Å². The first-order valence-corrected chi connectivity index (χ1v) is 14.0. The Balaban J connectivity index is 1.46. The number of benzene rings is 2. The number of fused-ring (bicyclic) bond motifs is 3. The number of hydrogen-bond donors (Lipinski definition) is 0. The maximum atomic E-state index is 15.1. The molecule has 0 N–H and O–H groups in total. The number of Topliss-reactive ketones (excluding diaryl/α,β-unsaturated/α-hetero) is 1. The zero-order valence-electron chi connectivity index (χ0n) is 21.3. The van der Waals surface area contributed by atoms with Crippen LogP contribution >= 0.6 is 11.6 Å². The van der Waals surface area contributed by atoms with Crippen molar-refractivity contribution in [2.24, 2.45) is 28.6 Å². The van der Waals surface area contributed by atoms with Crippen LogP contribution in [0.2, 0.25) is 5.02 Å². The largest absolute Gasteiger partial charge is 0.351 e. The van der Waals surface area contributed by atoms with Crippen molar-refractivity contribution < 1.29 is 9.72 Å². The van der Waals surface area contributed by atoms with Gasteiger partial charge in [-0.1, -0.05) is 48.0 Å². The number of nitriles is 2. The molecule has 4 aliphatic carbocycles. The summed E-state index contributed by atoms with van der Waals surface area (Å²) in [7, 11) is 0. The molecule has 0 unspecified atom stereocenters. The molecule has 8 heteroatoms. The molecule has 4 bridgehead atoms. The van der Waals surface area contributed by atoms with Crippen LogP contribution in [0.3, 0.4) is 0 Å². The van der Waals surface area contributed by atoms with Gasteiger partial charge in [0.15, 0.2) is 11.2 Å². The molecule has 5 fully saturated rings. The Kier molecular flexibility index (Phi) is 5.25. The number of anilines is 1. The molecule has 0 spiro atoms. The van der Waals surface area contributed by atoms with Gasteiger partial charge in [-0.2, -0.15) is 10.5 Å². The van der Waals surface area contributed by atoms with Gasteiger partial charge in [-0.15, -0.1) is 0 Å². The van der Waals surface area contributed by atoms with Gasteiger partial charge < -0.3 is 4.90 Å². The average molecular weight is 539 g/mol. The van der Waals surface area contributed by atoms with Crippen LogP contribution in [0.15, 0.2) is 48.5 Å². The van der Waals surface area contributed by atoms with E-state index < -0.39 is 33.8 Å². The molecule has 3 atom stereocenters. The third kappa shape index (κ3) is 3.29. The summed E-state index contributed by atoms with van der Waals surface area (Å²) in [5.74, 6) is 0.824. The van der Waals surface area contributed by atoms with Crippen molar-refractivity contribution in [1.29, 1.82) is 10.5 Å². The number of nitro groups is 1. The molecule has 4 saturated carbocycles. The molecule has 2 aromatic carbocycles. The number of nitrogens with zero attached hydrogens (tertiary/aromatic N) is 4.